The number of aromatic nitrogens is 4. The molecule has 2 N–H and O–H groups in total. The number of hydrogen-bond donors (Lipinski definition) is 1. The van der Waals surface area contributed by atoms with Gasteiger partial charge >= 0.3 is 0 Å². The molecule has 0 spiro atoms. The standard InChI is InChI=1S/C15H15N5O2S2/c16-20-14(13-8-4-5-9-17-13)18-19-15(20)23-10-11-24(21,22)12-6-2-1-3-7-12/h1-9H,10-11,16H2. The molecule has 0 saturated carbocycles. The van der Waals surface area contributed by atoms with Gasteiger partial charge in [0.05, 0.1) is 10.6 Å². The van der Waals surface area contributed by atoms with Gasteiger partial charge in [0, 0.05) is 11.9 Å². The van der Waals surface area contributed by atoms with Crippen LogP contribution in [-0.4, -0.2) is 39.8 Å². The van der Waals surface area contributed by atoms with Crippen molar-refractivity contribution in [2.45, 2.75) is 10.1 Å². The molecule has 3 aromatic rings. The van der Waals surface area contributed by atoms with E-state index in [9.17, 15) is 8.42 Å². The van der Waals surface area contributed by atoms with Crippen molar-refractivity contribution in [3.8, 4) is 11.5 Å². The number of nitrogens with two attached hydrogens (primary N) is 1. The predicted octanol–water partition coefficient (Wildman–Crippen LogP) is 1.62. The fraction of sp³-hybridized carbons (Fsp3) is 0.133. The summed E-state index contributed by atoms with van der Waals surface area (Å²) in [5.74, 6) is 6.73. The number of thioether (sulfide) groups is 1. The molecule has 0 atom stereocenters. The van der Waals surface area contributed by atoms with Gasteiger partial charge in [-0.1, -0.05) is 36.0 Å². The molecule has 0 aliphatic heterocycles. The molecule has 7 nitrogen and oxygen atoms in total. The molecule has 0 saturated heterocycles. The molecule has 0 fully saturated rings. The van der Waals surface area contributed by atoms with Crippen LogP contribution in [0.4, 0.5) is 0 Å². The largest absolute Gasteiger partial charge is 0.335 e. The lowest BCUT2D eigenvalue weighted by Gasteiger charge is -2.05. The third kappa shape index (κ3) is 3.57. The fourth-order valence-corrected chi connectivity index (χ4v) is 4.56. The van der Waals surface area contributed by atoms with Gasteiger partial charge in [0.25, 0.3) is 0 Å². The van der Waals surface area contributed by atoms with E-state index in [1.54, 1.807) is 48.7 Å². The third-order valence-electron chi connectivity index (χ3n) is 3.24. The minimum atomic E-state index is -3.32. The van der Waals surface area contributed by atoms with Gasteiger partial charge in [-0.25, -0.2) is 13.1 Å². The van der Waals surface area contributed by atoms with E-state index in [1.807, 2.05) is 6.07 Å². The van der Waals surface area contributed by atoms with E-state index in [-0.39, 0.29) is 5.75 Å². The summed E-state index contributed by atoms with van der Waals surface area (Å²) in [5, 5.41) is 8.46. The average Bonchev–Trinajstić information content (AvgIpc) is 2.97. The molecule has 1 aromatic carbocycles. The minimum Gasteiger partial charge on any atom is -0.335 e. The number of rotatable bonds is 6. The van der Waals surface area contributed by atoms with Crippen LogP contribution in [0, 0.1) is 0 Å². The van der Waals surface area contributed by atoms with Crippen molar-refractivity contribution in [3.63, 3.8) is 0 Å². The van der Waals surface area contributed by atoms with Gasteiger partial charge in [-0.3, -0.25) is 4.98 Å². The number of pyridine rings is 1. The Morgan fingerprint density at radius 2 is 1.79 bits per heavy atom. The molecule has 0 radical (unpaired) electrons. The molecule has 24 heavy (non-hydrogen) atoms. The highest BCUT2D eigenvalue weighted by atomic mass is 32.2. The second-order valence-electron chi connectivity index (χ2n) is 4.87. The topological polar surface area (TPSA) is 104 Å². The van der Waals surface area contributed by atoms with E-state index < -0.39 is 9.84 Å². The van der Waals surface area contributed by atoms with Crippen LogP contribution in [0.5, 0.6) is 0 Å². The van der Waals surface area contributed by atoms with Crippen LogP contribution in [0.15, 0.2) is 64.8 Å². The first-order valence-electron chi connectivity index (χ1n) is 7.10. The molecule has 0 aliphatic carbocycles. The summed E-state index contributed by atoms with van der Waals surface area (Å²) in [6, 6.07) is 13.8. The van der Waals surface area contributed by atoms with E-state index in [0.29, 0.717) is 27.3 Å². The lowest BCUT2D eigenvalue weighted by molar-refractivity contribution is 0.597. The molecule has 9 heteroatoms. The second kappa shape index (κ2) is 7.02. The zero-order chi connectivity index (χ0) is 17.0. The number of nitrogens with zero attached hydrogens (tertiary/aromatic N) is 4. The lowest BCUT2D eigenvalue weighted by Crippen LogP contribution is -2.13. The molecular weight excluding hydrogens is 346 g/mol. The Hall–Kier alpha value is -2.39. The van der Waals surface area contributed by atoms with Crippen LogP contribution < -0.4 is 5.84 Å². The summed E-state index contributed by atoms with van der Waals surface area (Å²) in [7, 11) is -3.32. The molecular formula is C15H15N5O2S2. The maximum Gasteiger partial charge on any atom is 0.210 e. The van der Waals surface area contributed by atoms with Crippen LogP contribution >= 0.6 is 11.8 Å². The van der Waals surface area contributed by atoms with Crippen molar-refractivity contribution in [1.29, 1.82) is 0 Å². The van der Waals surface area contributed by atoms with Gasteiger partial charge in [0.2, 0.25) is 11.0 Å². The van der Waals surface area contributed by atoms with Gasteiger partial charge in [-0.2, -0.15) is 0 Å². The molecule has 124 valence electrons. The highest BCUT2D eigenvalue weighted by Crippen LogP contribution is 2.21. The Morgan fingerprint density at radius 3 is 2.50 bits per heavy atom. The van der Waals surface area contributed by atoms with E-state index >= 15 is 0 Å². The summed E-state index contributed by atoms with van der Waals surface area (Å²) in [6.45, 7) is 0. The number of sulfone groups is 1. The van der Waals surface area contributed by atoms with Gasteiger partial charge < -0.3 is 5.84 Å². The highest BCUT2D eigenvalue weighted by Gasteiger charge is 2.16. The number of benzene rings is 1. The molecule has 3 rings (SSSR count). The molecule has 0 bridgehead atoms. The van der Waals surface area contributed by atoms with Crippen molar-refractivity contribution >= 4 is 21.6 Å². The Bertz CT molecular complexity index is 912. The van der Waals surface area contributed by atoms with Gasteiger partial charge in [-0.15, -0.1) is 10.2 Å². The van der Waals surface area contributed by atoms with E-state index in [4.69, 9.17) is 5.84 Å². The number of nitrogen functional groups attached to an aromatic ring is 1. The maximum absolute atomic E-state index is 12.2. The average molecular weight is 361 g/mol. The Kier molecular flexibility index (Phi) is 4.81. The van der Waals surface area contributed by atoms with Gasteiger partial charge in [0.1, 0.15) is 5.69 Å². The van der Waals surface area contributed by atoms with E-state index in [2.05, 4.69) is 15.2 Å². The fourth-order valence-electron chi connectivity index (χ4n) is 2.03. The molecule has 2 aromatic heterocycles. The van der Waals surface area contributed by atoms with Crippen molar-refractivity contribution in [2.24, 2.45) is 0 Å². The highest BCUT2D eigenvalue weighted by molar-refractivity contribution is 8.00. The summed E-state index contributed by atoms with van der Waals surface area (Å²) in [6.07, 6.45) is 1.64. The van der Waals surface area contributed by atoms with Crippen molar-refractivity contribution in [3.05, 3.63) is 54.7 Å². The van der Waals surface area contributed by atoms with Crippen LogP contribution in [-0.2, 0) is 9.84 Å². The zero-order valence-electron chi connectivity index (χ0n) is 12.6. The van der Waals surface area contributed by atoms with Crippen LogP contribution in [0.2, 0.25) is 0 Å². The molecule has 0 amide bonds. The van der Waals surface area contributed by atoms with Crippen LogP contribution in [0.3, 0.4) is 0 Å². The normalized spacial score (nSPS) is 11.5. The first-order chi connectivity index (χ1) is 11.6. The van der Waals surface area contributed by atoms with E-state index in [0.717, 1.165) is 0 Å². The maximum atomic E-state index is 12.2. The second-order valence-corrected chi connectivity index (χ2v) is 8.04. The van der Waals surface area contributed by atoms with Gasteiger partial charge in [-0.05, 0) is 24.3 Å². The summed E-state index contributed by atoms with van der Waals surface area (Å²) in [4.78, 5) is 4.49. The van der Waals surface area contributed by atoms with Crippen molar-refractivity contribution in [1.82, 2.24) is 19.9 Å². The lowest BCUT2D eigenvalue weighted by atomic mass is 10.3. The smallest absolute Gasteiger partial charge is 0.210 e. The molecule has 2 heterocycles. The quantitative estimate of drug-likeness (QED) is 0.525. The Labute approximate surface area is 143 Å². The Balaban J connectivity index is 1.67. The zero-order valence-corrected chi connectivity index (χ0v) is 14.2. The Morgan fingerprint density at radius 1 is 1.04 bits per heavy atom. The summed E-state index contributed by atoms with van der Waals surface area (Å²) >= 11 is 1.24. The van der Waals surface area contributed by atoms with Crippen molar-refractivity contribution in [2.75, 3.05) is 17.3 Å². The first-order valence-corrected chi connectivity index (χ1v) is 9.74. The third-order valence-corrected chi connectivity index (χ3v) is 6.18. The monoisotopic (exact) mass is 361 g/mol. The molecule has 0 unspecified atom stereocenters. The SMILES string of the molecule is Nn1c(SCCS(=O)(=O)c2ccccc2)nnc1-c1ccccn1. The minimum absolute atomic E-state index is 0.00649. The van der Waals surface area contributed by atoms with E-state index in [1.165, 1.54) is 16.4 Å². The first kappa shape index (κ1) is 16.5. The number of hydrogen-bond acceptors (Lipinski definition) is 7. The molecule has 0 aliphatic rings. The summed E-state index contributed by atoms with van der Waals surface area (Å²) < 4.78 is 25.8. The van der Waals surface area contributed by atoms with Crippen molar-refractivity contribution < 1.29 is 8.42 Å². The van der Waals surface area contributed by atoms with Crippen LogP contribution in [0.25, 0.3) is 11.5 Å². The van der Waals surface area contributed by atoms with Crippen LogP contribution in [0.1, 0.15) is 0 Å². The predicted molar refractivity (Wildman–Crippen MR) is 92.6 cm³/mol. The van der Waals surface area contributed by atoms with Gasteiger partial charge in [0.15, 0.2) is 9.84 Å². The summed E-state index contributed by atoms with van der Waals surface area (Å²) in [5.41, 5.74) is 0.608.